The number of ether oxygens (including phenoxy) is 1. The van der Waals surface area contributed by atoms with Crippen molar-refractivity contribution in [2.45, 2.75) is 32.9 Å². The first-order chi connectivity index (χ1) is 13.5. The molecule has 28 heavy (non-hydrogen) atoms. The summed E-state index contributed by atoms with van der Waals surface area (Å²) in [4.78, 5) is 28.3. The topological polar surface area (TPSA) is 70.1 Å². The van der Waals surface area contributed by atoms with Gasteiger partial charge >= 0.3 is 0 Å². The third kappa shape index (κ3) is 4.70. The summed E-state index contributed by atoms with van der Waals surface area (Å²) in [7, 11) is 0. The van der Waals surface area contributed by atoms with Gasteiger partial charge in [-0.15, -0.1) is 0 Å². The Kier molecular flexibility index (Phi) is 6.31. The standard InChI is InChI=1S/C22H26N2O4/c1-16-3-7-19(8-4-16)24(17(2)26)20-11-12-23(13-20)22(27)15-28-21-9-5-18(14-25)6-10-21/h3-10,20,25H,11-15H2,1-2H3. The molecule has 1 aliphatic rings. The lowest BCUT2D eigenvalue weighted by atomic mass is 10.1. The second-order valence-electron chi connectivity index (χ2n) is 7.10. The van der Waals surface area contributed by atoms with E-state index in [0.717, 1.165) is 23.2 Å². The van der Waals surface area contributed by atoms with Crippen molar-refractivity contribution < 1.29 is 19.4 Å². The van der Waals surface area contributed by atoms with Crippen LogP contribution >= 0.6 is 0 Å². The van der Waals surface area contributed by atoms with Gasteiger partial charge in [0.15, 0.2) is 6.61 Å². The van der Waals surface area contributed by atoms with Gasteiger partial charge in [-0.05, 0) is 43.2 Å². The zero-order chi connectivity index (χ0) is 20.1. The number of likely N-dealkylation sites (tertiary alicyclic amines) is 1. The molecule has 0 radical (unpaired) electrons. The first-order valence-electron chi connectivity index (χ1n) is 9.45. The first kappa shape index (κ1) is 19.9. The third-order valence-corrected chi connectivity index (χ3v) is 5.00. The number of hydrogen-bond donors (Lipinski definition) is 1. The van der Waals surface area contributed by atoms with Crippen LogP contribution in [0.5, 0.6) is 5.75 Å². The predicted molar refractivity (Wildman–Crippen MR) is 107 cm³/mol. The highest BCUT2D eigenvalue weighted by molar-refractivity contribution is 5.92. The fourth-order valence-corrected chi connectivity index (χ4v) is 3.46. The molecule has 0 saturated carbocycles. The van der Waals surface area contributed by atoms with Crippen LogP contribution < -0.4 is 9.64 Å². The van der Waals surface area contributed by atoms with Crippen LogP contribution in [0.1, 0.15) is 24.5 Å². The highest BCUT2D eigenvalue weighted by Crippen LogP contribution is 2.24. The Morgan fingerprint density at radius 2 is 1.82 bits per heavy atom. The van der Waals surface area contributed by atoms with Crippen molar-refractivity contribution in [1.82, 2.24) is 4.90 Å². The summed E-state index contributed by atoms with van der Waals surface area (Å²) >= 11 is 0. The molecule has 0 aliphatic carbocycles. The lowest BCUT2D eigenvalue weighted by Gasteiger charge is -2.28. The lowest BCUT2D eigenvalue weighted by molar-refractivity contribution is -0.132. The highest BCUT2D eigenvalue weighted by atomic mass is 16.5. The van der Waals surface area contributed by atoms with Gasteiger partial charge < -0.3 is 19.6 Å². The van der Waals surface area contributed by atoms with Gasteiger partial charge in [0.25, 0.3) is 5.91 Å². The van der Waals surface area contributed by atoms with Crippen LogP contribution in [-0.4, -0.2) is 47.6 Å². The molecular formula is C22H26N2O4. The van der Waals surface area contributed by atoms with Crippen LogP contribution in [0.15, 0.2) is 48.5 Å². The maximum atomic E-state index is 12.5. The van der Waals surface area contributed by atoms with Crippen LogP contribution in [-0.2, 0) is 16.2 Å². The molecule has 1 aliphatic heterocycles. The number of carbonyl (C=O) groups is 2. The van der Waals surface area contributed by atoms with Gasteiger partial charge in [-0.3, -0.25) is 9.59 Å². The molecule has 1 fully saturated rings. The molecule has 2 amide bonds. The molecule has 0 spiro atoms. The fourth-order valence-electron chi connectivity index (χ4n) is 3.46. The molecule has 1 N–H and O–H groups in total. The molecule has 1 atom stereocenters. The summed E-state index contributed by atoms with van der Waals surface area (Å²) in [5.74, 6) is 0.468. The van der Waals surface area contributed by atoms with E-state index >= 15 is 0 Å². The number of benzene rings is 2. The van der Waals surface area contributed by atoms with Gasteiger partial charge in [0.1, 0.15) is 5.75 Å². The number of nitrogens with zero attached hydrogens (tertiary/aromatic N) is 2. The zero-order valence-electron chi connectivity index (χ0n) is 16.3. The van der Waals surface area contributed by atoms with E-state index in [1.54, 1.807) is 41.0 Å². The van der Waals surface area contributed by atoms with Gasteiger partial charge in [-0.1, -0.05) is 29.8 Å². The molecular weight excluding hydrogens is 356 g/mol. The van der Waals surface area contributed by atoms with E-state index in [-0.39, 0.29) is 31.1 Å². The van der Waals surface area contributed by atoms with Crippen LogP contribution in [0.3, 0.4) is 0 Å². The maximum absolute atomic E-state index is 12.5. The molecule has 3 rings (SSSR count). The van der Waals surface area contributed by atoms with Crippen LogP contribution in [0.2, 0.25) is 0 Å². The number of rotatable bonds is 6. The van der Waals surface area contributed by atoms with E-state index < -0.39 is 0 Å². The maximum Gasteiger partial charge on any atom is 0.260 e. The summed E-state index contributed by atoms with van der Waals surface area (Å²) in [5.41, 5.74) is 2.79. The number of aliphatic hydroxyl groups is 1. The third-order valence-electron chi connectivity index (χ3n) is 5.00. The van der Waals surface area contributed by atoms with Crippen molar-refractivity contribution in [1.29, 1.82) is 0 Å². The zero-order valence-corrected chi connectivity index (χ0v) is 16.3. The molecule has 6 nitrogen and oxygen atoms in total. The average Bonchev–Trinajstić information content (AvgIpc) is 3.17. The summed E-state index contributed by atoms with van der Waals surface area (Å²) in [6.07, 6.45) is 0.740. The van der Waals surface area contributed by atoms with Crippen LogP contribution in [0, 0.1) is 6.92 Å². The van der Waals surface area contributed by atoms with Gasteiger partial charge in [0.05, 0.1) is 12.6 Å². The first-order valence-corrected chi connectivity index (χ1v) is 9.45. The highest BCUT2D eigenvalue weighted by Gasteiger charge is 2.32. The molecule has 1 saturated heterocycles. The number of carbonyl (C=O) groups excluding carboxylic acids is 2. The minimum absolute atomic E-state index is 0.0247. The minimum Gasteiger partial charge on any atom is -0.484 e. The van der Waals surface area contributed by atoms with E-state index in [1.807, 2.05) is 31.2 Å². The second-order valence-corrected chi connectivity index (χ2v) is 7.10. The second kappa shape index (κ2) is 8.89. The Labute approximate surface area is 165 Å². The van der Waals surface area contributed by atoms with Crippen molar-refractivity contribution in [3.8, 4) is 5.75 Å². The summed E-state index contributed by atoms with van der Waals surface area (Å²) in [6.45, 7) is 4.60. The van der Waals surface area contributed by atoms with Crippen LogP contribution in [0.4, 0.5) is 5.69 Å². The molecule has 2 aromatic rings. The molecule has 2 aromatic carbocycles. The van der Waals surface area contributed by atoms with E-state index in [9.17, 15) is 9.59 Å². The van der Waals surface area contributed by atoms with Gasteiger partial charge in [-0.25, -0.2) is 0 Å². The molecule has 148 valence electrons. The lowest BCUT2D eigenvalue weighted by Crippen LogP contribution is -2.42. The SMILES string of the molecule is CC(=O)N(c1ccc(C)cc1)C1CCN(C(=O)COc2ccc(CO)cc2)C1. The van der Waals surface area contributed by atoms with E-state index in [2.05, 4.69) is 0 Å². The van der Waals surface area contributed by atoms with E-state index in [0.29, 0.717) is 18.8 Å². The number of amides is 2. The smallest absolute Gasteiger partial charge is 0.260 e. The number of hydrogen-bond acceptors (Lipinski definition) is 4. The van der Waals surface area contributed by atoms with Crippen molar-refractivity contribution in [2.75, 3.05) is 24.6 Å². The van der Waals surface area contributed by atoms with Crippen molar-refractivity contribution >= 4 is 17.5 Å². The molecule has 0 bridgehead atoms. The monoisotopic (exact) mass is 382 g/mol. The molecule has 1 heterocycles. The molecule has 1 unspecified atom stereocenters. The Balaban J connectivity index is 1.58. The summed E-state index contributed by atoms with van der Waals surface area (Å²) in [6, 6.07) is 14.8. The Morgan fingerprint density at radius 1 is 1.14 bits per heavy atom. The van der Waals surface area contributed by atoms with Crippen LogP contribution in [0.25, 0.3) is 0 Å². The van der Waals surface area contributed by atoms with Gasteiger partial charge in [-0.2, -0.15) is 0 Å². The van der Waals surface area contributed by atoms with E-state index in [4.69, 9.17) is 9.84 Å². The number of aliphatic hydroxyl groups excluding tert-OH is 1. The quantitative estimate of drug-likeness (QED) is 0.834. The normalized spacial score (nSPS) is 16.1. The van der Waals surface area contributed by atoms with E-state index in [1.165, 1.54) is 0 Å². The number of anilines is 1. The largest absolute Gasteiger partial charge is 0.484 e. The molecule has 6 heteroatoms. The average molecular weight is 382 g/mol. The Bertz CT molecular complexity index is 817. The van der Waals surface area contributed by atoms with Gasteiger partial charge in [0, 0.05) is 25.7 Å². The van der Waals surface area contributed by atoms with Gasteiger partial charge in [0.2, 0.25) is 5.91 Å². The summed E-state index contributed by atoms with van der Waals surface area (Å²) < 4.78 is 5.57. The van der Waals surface area contributed by atoms with Crippen molar-refractivity contribution in [2.24, 2.45) is 0 Å². The predicted octanol–water partition coefficient (Wildman–Crippen LogP) is 2.52. The molecule has 0 aromatic heterocycles. The fraction of sp³-hybridized carbons (Fsp3) is 0.364. The number of aryl methyl sites for hydroxylation is 1. The Hall–Kier alpha value is -2.86. The minimum atomic E-state index is -0.0962. The summed E-state index contributed by atoms with van der Waals surface area (Å²) in [5, 5.41) is 9.07. The Morgan fingerprint density at radius 3 is 2.43 bits per heavy atom. The van der Waals surface area contributed by atoms with Crippen molar-refractivity contribution in [3.05, 3.63) is 59.7 Å². The van der Waals surface area contributed by atoms with Crippen molar-refractivity contribution in [3.63, 3.8) is 0 Å².